The summed E-state index contributed by atoms with van der Waals surface area (Å²) in [5, 5.41) is 0. The first-order valence-electron chi connectivity index (χ1n) is 8.34. The van der Waals surface area contributed by atoms with Crippen LogP contribution in [-0.2, 0) is 4.79 Å². The molecule has 0 spiro atoms. The van der Waals surface area contributed by atoms with E-state index in [0.717, 1.165) is 48.7 Å². The molecule has 0 radical (unpaired) electrons. The summed E-state index contributed by atoms with van der Waals surface area (Å²) in [6, 6.07) is 5.73. The van der Waals surface area contributed by atoms with Crippen LogP contribution in [0.4, 0.5) is 5.82 Å². The molecule has 126 valence electrons. The lowest BCUT2D eigenvalue weighted by atomic mass is 9.94. The normalized spacial score (nSPS) is 17.8. The van der Waals surface area contributed by atoms with Crippen molar-refractivity contribution in [2.75, 3.05) is 18.0 Å². The van der Waals surface area contributed by atoms with E-state index in [4.69, 9.17) is 10.7 Å². The highest BCUT2D eigenvalue weighted by atomic mass is 16.1. The van der Waals surface area contributed by atoms with Crippen LogP contribution in [0.5, 0.6) is 0 Å². The number of aromatic nitrogens is 3. The van der Waals surface area contributed by atoms with Crippen LogP contribution in [0.3, 0.4) is 0 Å². The molecule has 1 amide bonds. The van der Waals surface area contributed by atoms with Crippen LogP contribution in [0.2, 0.25) is 0 Å². The number of carbonyl (C=O) groups excluding carboxylic acids is 1. The van der Waals surface area contributed by atoms with Crippen molar-refractivity contribution in [2.45, 2.75) is 33.1 Å². The van der Waals surface area contributed by atoms with Gasteiger partial charge in [0.25, 0.3) is 0 Å². The van der Waals surface area contributed by atoms with Crippen molar-refractivity contribution in [2.24, 2.45) is 11.7 Å². The smallest absolute Gasteiger partial charge is 0.217 e. The Morgan fingerprint density at radius 1 is 1.33 bits per heavy atom. The Hall–Kier alpha value is -2.50. The standard InChI is InChI=1S/C18H23N5O/c1-12-13(2)21-17(15-7-3-4-8-20-15)22-18(12)23-9-5-6-14(11-23)10-16(19)24/h3-4,7-8,14H,5-6,9-11H2,1-2H3,(H2,19,24). The maximum atomic E-state index is 11.2. The zero-order valence-corrected chi connectivity index (χ0v) is 14.2. The highest BCUT2D eigenvalue weighted by Crippen LogP contribution is 2.28. The molecule has 6 heteroatoms. The fraction of sp³-hybridized carbons (Fsp3) is 0.444. The van der Waals surface area contributed by atoms with Crippen molar-refractivity contribution < 1.29 is 4.79 Å². The largest absolute Gasteiger partial charge is 0.370 e. The molecule has 0 saturated carbocycles. The molecule has 2 aromatic rings. The van der Waals surface area contributed by atoms with Gasteiger partial charge in [0, 0.05) is 37.0 Å². The lowest BCUT2D eigenvalue weighted by Crippen LogP contribution is -2.38. The lowest BCUT2D eigenvalue weighted by molar-refractivity contribution is -0.118. The molecular weight excluding hydrogens is 302 g/mol. The van der Waals surface area contributed by atoms with Crippen LogP contribution in [0.1, 0.15) is 30.5 Å². The number of piperidine rings is 1. The number of hydrogen-bond acceptors (Lipinski definition) is 5. The van der Waals surface area contributed by atoms with Crippen LogP contribution in [0, 0.1) is 19.8 Å². The first-order valence-corrected chi connectivity index (χ1v) is 8.34. The van der Waals surface area contributed by atoms with Crippen LogP contribution in [0.25, 0.3) is 11.5 Å². The molecule has 1 fully saturated rings. The van der Waals surface area contributed by atoms with Crippen molar-refractivity contribution in [1.82, 2.24) is 15.0 Å². The van der Waals surface area contributed by atoms with Crippen LogP contribution in [-0.4, -0.2) is 33.9 Å². The number of anilines is 1. The first kappa shape index (κ1) is 16.4. The third-order valence-corrected chi connectivity index (χ3v) is 4.57. The first-order chi connectivity index (χ1) is 11.5. The van der Waals surface area contributed by atoms with E-state index in [1.165, 1.54) is 0 Å². The predicted octanol–water partition coefficient (Wildman–Crippen LogP) is 2.25. The molecule has 1 unspecified atom stereocenters. The molecule has 6 nitrogen and oxygen atoms in total. The third kappa shape index (κ3) is 3.53. The molecule has 2 N–H and O–H groups in total. The van der Waals surface area contributed by atoms with E-state index in [0.29, 0.717) is 18.2 Å². The van der Waals surface area contributed by atoms with Crippen molar-refractivity contribution in [3.63, 3.8) is 0 Å². The van der Waals surface area contributed by atoms with Gasteiger partial charge in [-0.05, 0) is 44.7 Å². The summed E-state index contributed by atoms with van der Waals surface area (Å²) in [7, 11) is 0. The Bertz CT molecular complexity index is 732. The summed E-state index contributed by atoms with van der Waals surface area (Å²) in [5.41, 5.74) is 8.18. The minimum Gasteiger partial charge on any atom is -0.370 e. The fourth-order valence-electron chi connectivity index (χ4n) is 3.24. The quantitative estimate of drug-likeness (QED) is 0.932. The van der Waals surface area contributed by atoms with Crippen LogP contribution in [0.15, 0.2) is 24.4 Å². The second-order valence-electron chi connectivity index (χ2n) is 6.42. The van der Waals surface area contributed by atoms with Gasteiger partial charge in [-0.25, -0.2) is 9.97 Å². The predicted molar refractivity (Wildman–Crippen MR) is 93.5 cm³/mol. The van der Waals surface area contributed by atoms with Gasteiger partial charge in [0.15, 0.2) is 5.82 Å². The van der Waals surface area contributed by atoms with Crippen LogP contribution >= 0.6 is 0 Å². The number of carbonyl (C=O) groups is 1. The van der Waals surface area contributed by atoms with E-state index in [1.54, 1.807) is 6.20 Å². The molecular formula is C18H23N5O. The van der Waals surface area contributed by atoms with Gasteiger partial charge in [0.1, 0.15) is 11.5 Å². The molecule has 0 bridgehead atoms. The Morgan fingerprint density at radius 2 is 2.17 bits per heavy atom. The summed E-state index contributed by atoms with van der Waals surface area (Å²) >= 11 is 0. The number of rotatable bonds is 4. The van der Waals surface area contributed by atoms with E-state index in [1.807, 2.05) is 32.0 Å². The monoisotopic (exact) mass is 325 g/mol. The third-order valence-electron chi connectivity index (χ3n) is 4.57. The highest BCUT2D eigenvalue weighted by molar-refractivity contribution is 5.74. The summed E-state index contributed by atoms with van der Waals surface area (Å²) in [5.74, 6) is 1.65. The van der Waals surface area contributed by atoms with Gasteiger partial charge in [-0.15, -0.1) is 0 Å². The molecule has 3 heterocycles. The van der Waals surface area contributed by atoms with Crippen molar-refractivity contribution in [3.05, 3.63) is 35.7 Å². The van der Waals surface area contributed by atoms with Gasteiger partial charge in [0.05, 0.1) is 0 Å². The average Bonchev–Trinajstić information content (AvgIpc) is 2.57. The minimum absolute atomic E-state index is 0.230. The zero-order chi connectivity index (χ0) is 17.1. The minimum atomic E-state index is -0.230. The van der Waals surface area contributed by atoms with E-state index in [-0.39, 0.29) is 5.91 Å². The van der Waals surface area contributed by atoms with Gasteiger partial charge < -0.3 is 10.6 Å². The Balaban J connectivity index is 1.92. The molecule has 1 aliphatic heterocycles. The molecule has 1 atom stereocenters. The highest BCUT2D eigenvalue weighted by Gasteiger charge is 2.24. The lowest BCUT2D eigenvalue weighted by Gasteiger charge is -2.34. The molecule has 2 aromatic heterocycles. The van der Waals surface area contributed by atoms with Crippen molar-refractivity contribution in [3.8, 4) is 11.5 Å². The molecule has 3 rings (SSSR count). The molecule has 0 aliphatic carbocycles. The molecule has 1 saturated heterocycles. The van der Waals surface area contributed by atoms with Crippen molar-refractivity contribution >= 4 is 11.7 Å². The summed E-state index contributed by atoms with van der Waals surface area (Å²) in [4.78, 5) is 27.2. The second-order valence-corrected chi connectivity index (χ2v) is 6.42. The zero-order valence-electron chi connectivity index (χ0n) is 14.2. The van der Waals surface area contributed by atoms with E-state index < -0.39 is 0 Å². The van der Waals surface area contributed by atoms with E-state index in [2.05, 4.69) is 14.9 Å². The Kier molecular flexibility index (Phi) is 4.74. The van der Waals surface area contributed by atoms with Gasteiger partial charge in [-0.2, -0.15) is 0 Å². The Labute approximate surface area is 142 Å². The number of nitrogens with zero attached hydrogens (tertiary/aromatic N) is 4. The maximum absolute atomic E-state index is 11.2. The summed E-state index contributed by atoms with van der Waals surface area (Å²) < 4.78 is 0. The number of aryl methyl sites for hydroxylation is 1. The molecule has 1 aliphatic rings. The van der Waals surface area contributed by atoms with E-state index in [9.17, 15) is 4.79 Å². The van der Waals surface area contributed by atoms with Gasteiger partial charge in [0.2, 0.25) is 5.91 Å². The van der Waals surface area contributed by atoms with Crippen molar-refractivity contribution in [1.29, 1.82) is 0 Å². The Morgan fingerprint density at radius 3 is 2.88 bits per heavy atom. The van der Waals surface area contributed by atoms with Gasteiger partial charge >= 0.3 is 0 Å². The van der Waals surface area contributed by atoms with Gasteiger partial charge in [-0.1, -0.05) is 6.07 Å². The number of pyridine rings is 1. The fourth-order valence-corrected chi connectivity index (χ4v) is 3.24. The number of amides is 1. The van der Waals surface area contributed by atoms with Crippen LogP contribution < -0.4 is 10.6 Å². The van der Waals surface area contributed by atoms with Gasteiger partial charge in [-0.3, -0.25) is 9.78 Å². The molecule has 24 heavy (non-hydrogen) atoms. The number of primary amides is 1. The second kappa shape index (κ2) is 6.95. The van der Waals surface area contributed by atoms with E-state index >= 15 is 0 Å². The summed E-state index contributed by atoms with van der Waals surface area (Å²) in [6.07, 6.45) is 4.26. The summed E-state index contributed by atoms with van der Waals surface area (Å²) in [6.45, 7) is 5.79. The maximum Gasteiger partial charge on any atom is 0.217 e. The molecule has 0 aromatic carbocycles. The number of hydrogen-bond donors (Lipinski definition) is 1. The topological polar surface area (TPSA) is 85.0 Å². The number of nitrogens with two attached hydrogens (primary N) is 1. The average molecular weight is 325 g/mol. The SMILES string of the molecule is Cc1nc(-c2ccccn2)nc(N2CCCC(CC(N)=O)C2)c1C.